The van der Waals surface area contributed by atoms with Crippen molar-refractivity contribution in [3.05, 3.63) is 60.2 Å². The number of phenols is 1. The molecule has 0 aromatic heterocycles. The van der Waals surface area contributed by atoms with Gasteiger partial charge in [-0.05, 0) is 75.5 Å². The number of aromatic carboxylic acids is 1. The maximum atomic E-state index is 13.0. The molecule has 1 aromatic carbocycles. The van der Waals surface area contributed by atoms with Crippen molar-refractivity contribution < 1.29 is 29.3 Å². The summed E-state index contributed by atoms with van der Waals surface area (Å²) < 4.78 is 5.88. The Hall–Kier alpha value is -3.39. The van der Waals surface area contributed by atoms with Gasteiger partial charge in [0, 0.05) is 12.3 Å². The van der Waals surface area contributed by atoms with Crippen LogP contribution in [0.25, 0.3) is 0 Å². The predicted molar refractivity (Wildman–Crippen MR) is 174 cm³/mol. The van der Waals surface area contributed by atoms with E-state index in [1.54, 1.807) is 0 Å². The SMILES string of the molecule is CC/C=C\C/C=C\C/C=C\CCCCCCCCOC(CC)C(=O)NC(CC(C)C)C(=O)Nc1ccc(O)c(C(=O)O)c1. The van der Waals surface area contributed by atoms with E-state index in [1.165, 1.54) is 37.5 Å². The molecule has 0 aliphatic heterocycles. The number of hydrogen-bond acceptors (Lipinski definition) is 5. The van der Waals surface area contributed by atoms with E-state index < -0.39 is 29.8 Å². The lowest BCUT2D eigenvalue weighted by Gasteiger charge is -2.23. The lowest BCUT2D eigenvalue weighted by Crippen LogP contribution is -2.48. The maximum Gasteiger partial charge on any atom is 0.339 e. The standard InChI is InChI=1S/C35H54N2O6/c1-5-7-8-9-10-11-12-13-14-15-16-17-18-19-20-21-24-43-32(6-2)34(40)37-30(25-27(3)4)33(39)36-28-22-23-31(38)29(26-28)35(41)42/h7-8,10-11,13-14,22-23,26-27,30,32,38H,5-6,9,12,15-21,24-25H2,1-4H3,(H,36,39)(H,37,40)(H,41,42)/b8-7-,11-10-,14-13-. The molecule has 1 aromatic rings. The van der Waals surface area contributed by atoms with Crippen LogP contribution in [0.15, 0.2) is 54.7 Å². The number of ether oxygens (including phenoxy) is 1. The molecule has 0 radical (unpaired) electrons. The zero-order valence-corrected chi connectivity index (χ0v) is 26.6. The summed E-state index contributed by atoms with van der Waals surface area (Å²) in [5.41, 5.74) is -0.0916. The molecule has 0 bridgehead atoms. The van der Waals surface area contributed by atoms with E-state index in [0.29, 0.717) is 19.4 Å². The average Bonchev–Trinajstić information content (AvgIpc) is 2.96. The zero-order chi connectivity index (χ0) is 31.9. The summed E-state index contributed by atoms with van der Waals surface area (Å²) in [6, 6.07) is 3.00. The van der Waals surface area contributed by atoms with Crippen LogP contribution < -0.4 is 10.6 Å². The molecule has 8 heteroatoms. The summed E-state index contributed by atoms with van der Waals surface area (Å²) in [5, 5.41) is 24.4. The Bertz CT molecular complexity index is 1050. The zero-order valence-electron chi connectivity index (χ0n) is 26.6. The number of nitrogens with one attached hydrogen (secondary N) is 2. The first-order chi connectivity index (χ1) is 20.7. The molecule has 1 rings (SSSR count). The predicted octanol–water partition coefficient (Wildman–Crippen LogP) is 7.94. The molecule has 0 fully saturated rings. The number of benzene rings is 1. The molecule has 8 nitrogen and oxygen atoms in total. The summed E-state index contributed by atoms with van der Waals surface area (Å²) >= 11 is 0. The highest BCUT2D eigenvalue weighted by Crippen LogP contribution is 2.22. The van der Waals surface area contributed by atoms with E-state index in [2.05, 4.69) is 54.0 Å². The third-order valence-electron chi connectivity index (χ3n) is 6.86. The van der Waals surface area contributed by atoms with Crippen LogP contribution in [0.2, 0.25) is 0 Å². The van der Waals surface area contributed by atoms with Crippen LogP contribution in [0, 0.1) is 5.92 Å². The summed E-state index contributed by atoms with van der Waals surface area (Å²) in [6.07, 6.45) is 24.5. The molecule has 0 saturated carbocycles. The van der Waals surface area contributed by atoms with Gasteiger partial charge in [-0.1, -0.05) is 89.8 Å². The molecule has 0 saturated heterocycles. The Morgan fingerprint density at radius 3 is 2.12 bits per heavy atom. The second-order valence-corrected chi connectivity index (χ2v) is 11.2. The molecule has 4 N–H and O–H groups in total. The minimum atomic E-state index is -1.30. The molecular formula is C35H54N2O6. The average molecular weight is 599 g/mol. The third kappa shape index (κ3) is 17.4. The van der Waals surface area contributed by atoms with Crippen molar-refractivity contribution in [1.29, 1.82) is 0 Å². The summed E-state index contributed by atoms with van der Waals surface area (Å²) in [6.45, 7) is 8.41. The van der Waals surface area contributed by atoms with Crippen molar-refractivity contribution in [2.24, 2.45) is 5.92 Å². The topological polar surface area (TPSA) is 125 Å². The van der Waals surface area contributed by atoms with Crippen molar-refractivity contribution in [3.8, 4) is 5.75 Å². The lowest BCUT2D eigenvalue weighted by molar-refractivity contribution is -0.136. The van der Waals surface area contributed by atoms with Gasteiger partial charge in [-0.15, -0.1) is 0 Å². The fraction of sp³-hybridized carbons (Fsp3) is 0.571. The molecule has 2 amide bonds. The van der Waals surface area contributed by atoms with Gasteiger partial charge in [0.05, 0.1) is 0 Å². The van der Waals surface area contributed by atoms with Crippen molar-refractivity contribution in [2.45, 2.75) is 117 Å². The van der Waals surface area contributed by atoms with Crippen LogP contribution >= 0.6 is 0 Å². The minimum Gasteiger partial charge on any atom is -0.507 e. The van der Waals surface area contributed by atoms with E-state index >= 15 is 0 Å². The smallest absolute Gasteiger partial charge is 0.339 e. The number of aromatic hydroxyl groups is 1. The van der Waals surface area contributed by atoms with Crippen LogP contribution in [-0.2, 0) is 14.3 Å². The van der Waals surface area contributed by atoms with Gasteiger partial charge in [-0.25, -0.2) is 4.79 Å². The molecule has 2 atom stereocenters. The van der Waals surface area contributed by atoms with E-state index in [9.17, 15) is 24.6 Å². The fourth-order valence-corrected chi connectivity index (χ4v) is 4.48. The minimum absolute atomic E-state index is 0.127. The lowest BCUT2D eigenvalue weighted by atomic mass is 10.0. The second kappa shape index (κ2) is 23.1. The van der Waals surface area contributed by atoms with Gasteiger partial charge in [-0.2, -0.15) is 0 Å². The van der Waals surface area contributed by atoms with E-state index in [-0.39, 0.29) is 23.1 Å². The highest BCUT2D eigenvalue weighted by atomic mass is 16.5. The number of carboxylic acids is 1. The Morgan fingerprint density at radius 2 is 1.49 bits per heavy atom. The first kappa shape index (κ1) is 37.6. The van der Waals surface area contributed by atoms with Gasteiger partial charge in [0.15, 0.2) is 0 Å². The Balaban J connectivity index is 2.35. The largest absolute Gasteiger partial charge is 0.507 e. The number of hydrogen-bond donors (Lipinski definition) is 4. The molecule has 240 valence electrons. The number of carbonyl (C=O) groups is 3. The maximum absolute atomic E-state index is 13.0. The van der Waals surface area contributed by atoms with Crippen LogP contribution in [0.4, 0.5) is 5.69 Å². The molecule has 0 heterocycles. The van der Waals surface area contributed by atoms with Crippen LogP contribution in [-0.4, -0.2) is 46.7 Å². The molecule has 43 heavy (non-hydrogen) atoms. The van der Waals surface area contributed by atoms with E-state index in [1.807, 2.05) is 20.8 Å². The van der Waals surface area contributed by atoms with Gasteiger partial charge in [0.1, 0.15) is 23.5 Å². The van der Waals surface area contributed by atoms with E-state index in [0.717, 1.165) is 44.9 Å². The number of allylic oxidation sites excluding steroid dienone is 6. The summed E-state index contributed by atoms with van der Waals surface area (Å²) in [4.78, 5) is 37.3. The molecule has 2 unspecified atom stereocenters. The number of unbranched alkanes of at least 4 members (excludes halogenated alkanes) is 6. The number of rotatable bonds is 23. The van der Waals surface area contributed by atoms with Gasteiger partial charge in [0.25, 0.3) is 0 Å². The highest BCUT2D eigenvalue weighted by Gasteiger charge is 2.26. The normalized spacial score (nSPS) is 13.2. The van der Waals surface area contributed by atoms with Crippen molar-refractivity contribution in [2.75, 3.05) is 11.9 Å². The van der Waals surface area contributed by atoms with Crippen molar-refractivity contribution >= 4 is 23.5 Å². The van der Waals surface area contributed by atoms with Crippen LogP contribution in [0.3, 0.4) is 0 Å². The van der Waals surface area contributed by atoms with Gasteiger partial charge < -0.3 is 25.6 Å². The summed E-state index contributed by atoms with van der Waals surface area (Å²) in [5.74, 6) is -2.36. The Morgan fingerprint density at radius 1 is 0.860 bits per heavy atom. The van der Waals surface area contributed by atoms with Gasteiger partial charge in [0.2, 0.25) is 11.8 Å². The van der Waals surface area contributed by atoms with Crippen LogP contribution in [0.1, 0.15) is 115 Å². The van der Waals surface area contributed by atoms with Crippen molar-refractivity contribution in [1.82, 2.24) is 5.32 Å². The van der Waals surface area contributed by atoms with Crippen LogP contribution in [0.5, 0.6) is 5.75 Å². The number of amides is 2. The summed E-state index contributed by atoms with van der Waals surface area (Å²) in [7, 11) is 0. The molecular weight excluding hydrogens is 544 g/mol. The van der Waals surface area contributed by atoms with Gasteiger partial charge in [-0.3, -0.25) is 9.59 Å². The fourth-order valence-electron chi connectivity index (χ4n) is 4.48. The van der Waals surface area contributed by atoms with Gasteiger partial charge >= 0.3 is 5.97 Å². The molecule has 0 aliphatic rings. The van der Waals surface area contributed by atoms with Crippen molar-refractivity contribution in [3.63, 3.8) is 0 Å². The Labute approximate surface area is 258 Å². The Kier molecular flexibility index (Phi) is 20.2. The number of anilines is 1. The monoisotopic (exact) mass is 598 g/mol. The molecule has 0 aliphatic carbocycles. The first-order valence-electron chi connectivity index (χ1n) is 15.9. The quantitative estimate of drug-likeness (QED) is 0.0576. The number of carboxylic acid groups (broad SMARTS) is 1. The first-order valence-corrected chi connectivity index (χ1v) is 15.9. The second-order valence-electron chi connectivity index (χ2n) is 11.2. The molecule has 0 spiro atoms. The highest BCUT2D eigenvalue weighted by molar-refractivity contribution is 5.99. The third-order valence-corrected chi connectivity index (χ3v) is 6.86. The van der Waals surface area contributed by atoms with E-state index in [4.69, 9.17) is 4.74 Å². The number of carbonyl (C=O) groups excluding carboxylic acids is 2.